The average Bonchev–Trinajstić information content (AvgIpc) is 2.35. The van der Waals surface area contributed by atoms with Gasteiger partial charge in [0.2, 0.25) is 5.91 Å². The second-order valence-corrected chi connectivity index (χ2v) is 5.98. The molecule has 1 saturated heterocycles. The minimum absolute atomic E-state index is 0.158. The van der Waals surface area contributed by atoms with Crippen molar-refractivity contribution >= 4 is 5.91 Å². The number of carbonyl (C=O) groups excluding carboxylic acids is 1. The summed E-state index contributed by atoms with van der Waals surface area (Å²) in [6.07, 6.45) is 2.51. The predicted octanol–water partition coefficient (Wildman–Crippen LogP) is 2.21. The molecule has 3 heteroatoms. The molecule has 1 aromatic rings. The minimum atomic E-state index is -0.158. The molecule has 1 heterocycles. The maximum Gasteiger partial charge on any atom is 0.222 e. The summed E-state index contributed by atoms with van der Waals surface area (Å²) in [7, 11) is 0. The first kappa shape index (κ1) is 14.1. The van der Waals surface area contributed by atoms with Crippen molar-refractivity contribution in [3.05, 3.63) is 35.9 Å². The number of aryl methyl sites for hydroxylation is 1. The molecule has 0 atom stereocenters. The van der Waals surface area contributed by atoms with Crippen molar-refractivity contribution in [3.63, 3.8) is 0 Å². The third-order valence-corrected chi connectivity index (χ3v) is 4.17. The van der Waals surface area contributed by atoms with Crippen molar-refractivity contribution < 1.29 is 4.79 Å². The highest BCUT2D eigenvalue weighted by Gasteiger charge is 2.43. The SMILES string of the molecule is CC(C)C1(N)CN(C(=O)CCCc2ccccc2)C1. The summed E-state index contributed by atoms with van der Waals surface area (Å²) in [5.74, 6) is 0.679. The lowest BCUT2D eigenvalue weighted by molar-refractivity contribution is -0.140. The summed E-state index contributed by atoms with van der Waals surface area (Å²) >= 11 is 0. The molecule has 1 aliphatic rings. The Morgan fingerprint density at radius 2 is 1.95 bits per heavy atom. The van der Waals surface area contributed by atoms with Gasteiger partial charge in [0.05, 0.1) is 5.54 Å². The smallest absolute Gasteiger partial charge is 0.222 e. The Morgan fingerprint density at radius 1 is 1.32 bits per heavy atom. The molecule has 19 heavy (non-hydrogen) atoms. The van der Waals surface area contributed by atoms with Gasteiger partial charge in [0, 0.05) is 19.5 Å². The highest BCUT2D eigenvalue weighted by Crippen LogP contribution is 2.26. The number of rotatable bonds is 5. The standard InChI is InChI=1S/C16H24N2O/c1-13(2)16(17)11-18(12-16)15(19)10-6-9-14-7-4-3-5-8-14/h3-5,7-8,13H,6,9-12,17H2,1-2H3. The molecule has 1 amide bonds. The van der Waals surface area contributed by atoms with Crippen LogP contribution in [-0.4, -0.2) is 29.4 Å². The van der Waals surface area contributed by atoms with E-state index in [4.69, 9.17) is 5.73 Å². The third kappa shape index (κ3) is 3.35. The molecule has 0 aliphatic carbocycles. The lowest BCUT2D eigenvalue weighted by Gasteiger charge is -2.50. The van der Waals surface area contributed by atoms with Crippen molar-refractivity contribution in [1.82, 2.24) is 4.90 Å². The molecule has 0 bridgehead atoms. The number of carbonyl (C=O) groups is 1. The van der Waals surface area contributed by atoms with Crippen LogP contribution < -0.4 is 5.73 Å². The summed E-state index contributed by atoms with van der Waals surface area (Å²) < 4.78 is 0. The Kier molecular flexibility index (Phi) is 4.25. The molecule has 1 aliphatic heterocycles. The molecule has 0 spiro atoms. The van der Waals surface area contributed by atoms with Gasteiger partial charge in [-0.05, 0) is 24.3 Å². The fourth-order valence-corrected chi connectivity index (χ4v) is 2.45. The van der Waals surface area contributed by atoms with Gasteiger partial charge in [-0.3, -0.25) is 4.79 Å². The molecular formula is C16H24N2O. The van der Waals surface area contributed by atoms with Gasteiger partial charge in [-0.1, -0.05) is 44.2 Å². The third-order valence-electron chi connectivity index (χ3n) is 4.17. The zero-order valence-electron chi connectivity index (χ0n) is 11.9. The van der Waals surface area contributed by atoms with Crippen molar-refractivity contribution in [2.75, 3.05) is 13.1 Å². The van der Waals surface area contributed by atoms with Crippen molar-refractivity contribution in [3.8, 4) is 0 Å². The predicted molar refractivity (Wildman–Crippen MR) is 77.7 cm³/mol. The maximum absolute atomic E-state index is 12.0. The van der Waals surface area contributed by atoms with Crippen LogP contribution in [0.15, 0.2) is 30.3 Å². The van der Waals surface area contributed by atoms with Crippen molar-refractivity contribution in [1.29, 1.82) is 0 Å². The van der Waals surface area contributed by atoms with Crippen molar-refractivity contribution in [2.24, 2.45) is 11.7 Å². The quantitative estimate of drug-likeness (QED) is 0.882. The van der Waals surface area contributed by atoms with Crippen LogP contribution in [0.3, 0.4) is 0 Å². The highest BCUT2D eigenvalue weighted by molar-refractivity contribution is 5.77. The zero-order chi connectivity index (χ0) is 13.9. The first-order valence-electron chi connectivity index (χ1n) is 7.12. The molecule has 1 fully saturated rings. The van der Waals surface area contributed by atoms with E-state index in [1.54, 1.807) is 0 Å². The van der Waals surface area contributed by atoms with Crippen LogP contribution in [0.5, 0.6) is 0 Å². The largest absolute Gasteiger partial charge is 0.339 e. The number of nitrogens with two attached hydrogens (primary N) is 1. The van der Waals surface area contributed by atoms with Crippen LogP contribution in [-0.2, 0) is 11.2 Å². The second-order valence-electron chi connectivity index (χ2n) is 5.98. The molecule has 2 rings (SSSR count). The van der Waals surface area contributed by atoms with Crippen LogP contribution in [0.2, 0.25) is 0 Å². The molecule has 104 valence electrons. The maximum atomic E-state index is 12.0. The van der Waals surface area contributed by atoms with Gasteiger partial charge < -0.3 is 10.6 Å². The summed E-state index contributed by atoms with van der Waals surface area (Å²) in [5.41, 5.74) is 7.34. The van der Waals surface area contributed by atoms with Gasteiger partial charge in [-0.25, -0.2) is 0 Å². The van der Waals surface area contributed by atoms with E-state index < -0.39 is 0 Å². The zero-order valence-corrected chi connectivity index (χ0v) is 11.9. The number of likely N-dealkylation sites (tertiary alicyclic amines) is 1. The van der Waals surface area contributed by atoms with Crippen LogP contribution in [0, 0.1) is 5.92 Å². The molecule has 0 aromatic heterocycles. The lowest BCUT2D eigenvalue weighted by atomic mass is 9.80. The topological polar surface area (TPSA) is 46.3 Å². The normalized spacial score (nSPS) is 17.4. The van der Waals surface area contributed by atoms with E-state index in [9.17, 15) is 4.79 Å². The Labute approximate surface area is 115 Å². The Balaban J connectivity index is 1.69. The summed E-state index contributed by atoms with van der Waals surface area (Å²) in [4.78, 5) is 13.9. The average molecular weight is 260 g/mol. The number of amides is 1. The molecular weight excluding hydrogens is 236 g/mol. The molecule has 0 saturated carbocycles. The Bertz CT molecular complexity index is 422. The summed E-state index contributed by atoms with van der Waals surface area (Å²) in [5, 5.41) is 0. The Hall–Kier alpha value is -1.35. The van der Waals surface area contributed by atoms with E-state index in [1.807, 2.05) is 23.1 Å². The van der Waals surface area contributed by atoms with Gasteiger partial charge in [0.25, 0.3) is 0 Å². The molecule has 2 N–H and O–H groups in total. The number of nitrogens with zero attached hydrogens (tertiary/aromatic N) is 1. The van der Waals surface area contributed by atoms with Crippen LogP contribution in [0.25, 0.3) is 0 Å². The summed E-state index contributed by atoms with van der Waals surface area (Å²) in [6, 6.07) is 10.3. The minimum Gasteiger partial charge on any atom is -0.339 e. The van der Waals surface area contributed by atoms with Crippen LogP contribution >= 0.6 is 0 Å². The first-order chi connectivity index (χ1) is 9.01. The highest BCUT2D eigenvalue weighted by atomic mass is 16.2. The summed E-state index contributed by atoms with van der Waals surface area (Å²) in [6.45, 7) is 5.68. The van der Waals surface area contributed by atoms with Crippen LogP contribution in [0.1, 0.15) is 32.3 Å². The van der Waals surface area contributed by atoms with E-state index in [1.165, 1.54) is 5.56 Å². The Morgan fingerprint density at radius 3 is 2.53 bits per heavy atom. The van der Waals surface area contributed by atoms with Gasteiger partial charge in [0.15, 0.2) is 0 Å². The van der Waals surface area contributed by atoms with E-state index in [-0.39, 0.29) is 11.4 Å². The van der Waals surface area contributed by atoms with Crippen molar-refractivity contribution in [2.45, 2.75) is 38.6 Å². The molecule has 3 nitrogen and oxygen atoms in total. The van der Waals surface area contributed by atoms with E-state index in [2.05, 4.69) is 26.0 Å². The molecule has 0 unspecified atom stereocenters. The first-order valence-corrected chi connectivity index (χ1v) is 7.12. The van der Waals surface area contributed by atoms with Gasteiger partial charge in [0.1, 0.15) is 0 Å². The number of benzene rings is 1. The molecule has 1 aromatic carbocycles. The monoisotopic (exact) mass is 260 g/mol. The fourth-order valence-electron chi connectivity index (χ4n) is 2.45. The van der Waals surface area contributed by atoms with E-state index in [0.717, 1.165) is 25.9 Å². The fraction of sp³-hybridized carbons (Fsp3) is 0.562. The van der Waals surface area contributed by atoms with E-state index in [0.29, 0.717) is 12.3 Å². The number of hydrogen-bond donors (Lipinski definition) is 1. The van der Waals surface area contributed by atoms with Crippen LogP contribution in [0.4, 0.5) is 0 Å². The van der Waals surface area contributed by atoms with E-state index >= 15 is 0 Å². The molecule has 0 radical (unpaired) electrons. The lowest BCUT2D eigenvalue weighted by Crippen LogP contribution is -2.71. The van der Waals surface area contributed by atoms with Gasteiger partial charge in [-0.2, -0.15) is 0 Å². The van der Waals surface area contributed by atoms with Gasteiger partial charge in [-0.15, -0.1) is 0 Å². The van der Waals surface area contributed by atoms with Gasteiger partial charge >= 0.3 is 0 Å². The number of hydrogen-bond acceptors (Lipinski definition) is 2. The second kappa shape index (κ2) is 5.74.